The maximum atomic E-state index is 14.8. The van der Waals surface area contributed by atoms with Crippen molar-refractivity contribution in [2.24, 2.45) is 0 Å². The molecule has 16 heteroatoms. The summed E-state index contributed by atoms with van der Waals surface area (Å²) in [6.45, 7) is 7.06. The Bertz CT molecular complexity index is 1550. The van der Waals surface area contributed by atoms with E-state index in [-0.39, 0.29) is 48.1 Å². The smallest absolute Gasteiger partial charge is 0.407 e. The minimum atomic E-state index is -3.21. The lowest BCUT2D eigenvalue weighted by molar-refractivity contribution is 0.00557. The molecular formula is C30H36F4N8O4. The van der Waals surface area contributed by atoms with E-state index < -0.39 is 47.0 Å². The molecule has 0 unspecified atom stereocenters. The molecule has 248 valence electrons. The van der Waals surface area contributed by atoms with Gasteiger partial charge >= 0.3 is 18.0 Å². The molecule has 1 N–H and O–H groups in total. The Labute approximate surface area is 263 Å². The predicted molar refractivity (Wildman–Crippen MR) is 158 cm³/mol. The third-order valence-electron chi connectivity index (χ3n) is 7.96. The maximum Gasteiger partial charge on any atom is 0.407 e. The molecule has 2 aliphatic heterocycles. The van der Waals surface area contributed by atoms with Crippen molar-refractivity contribution >= 4 is 24.0 Å². The first-order chi connectivity index (χ1) is 21.6. The Morgan fingerprint density at radius 2 is 1.72 bits per heavy atom. The molecule has 1 aromatic carbocycles. The summed E-state index contributed by atoms with van der Waals surface area (Å²) < 4.78 is 66.3. The number of rotatable bonds is 7. The van der Waals surface area contributed by atoms with Crippen LogP contribution in [0.3, 0.4) is 0 Å². The number of hydrogen-bond acceptors (Lipinski definition) is 10. The first-order valence-corrected chi connectivity index (χ1v) is 14.8. The van der Waals surface area contributed by atoms with E-state index in [9.17, 15) is 27.2 Å². The second kappa shape index (κ2) is 12.7. The number of aromatic nitrogens is 4. The number of ether oxygens (including phenoxy) is 1. The van der Waals surface area contributed by atoms with Crippen molar-refractivity contribution in [3.8, 4) is 0 Å². The Morgan fingerprint density at radius 3 is 2.33 bits per heavy atom. The first-order valence-electron chi connectivity index (χ1n) is 14.8. The molecule has 0 aliphatic carbocycles. The Hall–Kier alpha value is -4.50. The molecule has 2 fully saturated rings. The molecule has 46 heavy (non-hydrogen) atoms. The molecule has 2 atom stereocenters. The predicted octanol–water partition coefficient (Wildman–Crippen LogP) is 4.49. The molecule has 2 aromatic heterocycles. The SMILES string of the molecule is CN(C(=O)c1cnc(N2C[C@H](NC(=O)OC(C)(C)C)[C@@H](c3cc(F)ccc3F)C2)nc1)C1CCN(c2nc(C(C)(F)F)no2)CC1. The van der Waals surface area contributed by atoms with E-state index in [1.807, 2.05) is 0 Å². The zero-order chi connectivity index (χ0) is 33.4. The van der Waals surface area contributed by atoms with Gasteiger partial charge in [0.05, 0.1) is 11.6 Å². The number of hydrogen-bond donors (Lipinski definition) is 1. The number of alkyl carbamates (subject to hydrolysis) is 1. The highest BCUT2D eigenvalue weighted by atomic mass is 19.3. The highest BCUT2D eigenvalue weighted by Crippen LogP contribution is 2.33. The number of anilines is 2. The quantitative estimate of drug-likeness (QED) is 0.366. The van der Waals surface area contributed by atoms with Crippen molar-refractivity contribution in [3.05, 3.63) is 59.2 Å². The molecule has 2 saturated heterocycles. The Morgan fingerprint density at radius 1 is 1.04 bits per heavy atom. The van der Waals surface area contributed by atoms with Crippen molar-refractivity contribution in [3.63, 3.8) is 0 Å². The summed E-state index contributed by atoms with van der Waals surface area (Å²) in [5, 5.41) is 6.14. The van der Waals surface area contributed by atoms with Crippen LogP contribution in [0.4, 0.5) is 34.3 Å². The zero-order valence-electron chi connectivity index (χ0n) is 26.1. The van der Waals surface area contributed by atoms with Gasteiger partial charge < -0.3 is 29.3 Å². The number of carbonyl (C=O) groups excluding carboxylic acids is 2. The van der Waals surface area contributed by atoms with E-state index in [0.717, 1.165) is 18.2 Å². The zero-order valence-corrected chi connectivity index (χ0v) is 26.1. The molecule has 0 spiro atoms. The van der Waals surface area contributed by atoms with Crippen LogP contribution in [0.15, 0.2) is 35.1 Å². The van der Waals surface area contributed by atoms with Crippen LogP contribution in [0, 0.1) is 11.6 Å². The van der Waals surface area contributed by atoms with E-state index in [0.29, 0.717) is 32.9 Å². The average molecular weight is 649 g/mol. The summed E-state index contributed by atoms with van der Waals surface area (Å²) in [4.78, 5) is 43.5. The van der Waals surface area contributed by atoms with Crippen molar-refractivity contribution in [1.29, 1.82) is 0 Å². The highest BCUT2D eigenvalue weighted by Gasteiger charge is 2.39. The van der Waals surface area contributed by atoms with Gasteiger partial charge in [0.1, 0.15) is 17.2 Å². The number of piperidine rings is 1. The summed E-state index contributed by atoms with van der Waals surface area (Å²) in [5.41, 5.74) is -0.410. The van der Waals surface area contributed by atoms with Gasteiger partial charge in [0.25, 0.3) is 5.91 Å². The van der Waals surface area contributed by atoms with Gasteiger partial charge in [-0.2, -0.15) is 13.8 Å². The lowest BCUT2D eigenvalue weighted by Crippen LogP contribution is -2.45. The molecular weight excluding hydrogens is 612 g/mol. The molecule has 2 aliphatic rings. The van der Waals surface area contributed by atoms with Gasteiger partial charge in [-0.1, -0.05) is 5.16 Å². The van der Waals surface area contributed by atoms with Gasteiger partial charge in [-0.25, -0.2) is 23.5 Å². The van der Waals surface area contributed by atoms with E-state index in [2.05, 4.69) is 25.4 Å². The number of halogens is 4. The molecule has 2 amide bonds. The third kappa shape index (κ3) is 7.48. The topological polar surface area (TPSA) is 130 Å². The van der Waals surface area contributed by atoms with Crippen LogP contribution in [-0.4, -0.2) is 87.9 Å². The molecule has 0 radical (unpaired) electrons. The van der Waals surface area contributed by atoms with Crippen LogP contribution in [-0.2, 0) is 10.7 Å². The second-order valence-corrected chi connectivity index (χ2v) is 12.6. The highest BCUT2D eigenvalue weighted by molar-refractivity contribution is 5.93. The number of nitrogens with one attached hydrogen (secondary N) is 1. The van der Waals surface area contributed by atoms with Crippen LogP contribution in [0.25, 0.3) is 0 Å². The number of alkyl halides is 2. The number of nitrogens with zero attached hydrogens (tertiary/aromatic N) is 7. The fraction of sp³-hybridized carbons (Fsp3) is 0.533. The van der Waals surface area contributed by atoms with Crippen LogP contribution in [0.2, 0.25) is 0 Å². The van der Waals surface area contributed by atoms with E-state index in [1.165, 1.54) is 12.4 Å². The number of benzene rings is 1. The van der Waals surface area contributed by atoms with Gasteiger partial charge in [-0.05, 0) is 57.4 Å². The minimum absolute atomic E-state index is 0.0146. The first kappa shape index (κ1) is 32.9. The Balaban J connectivity index is 1.23. The summed E-state index contributed by atoms with van der Waals surface area (Å²) in [6.07, 6.45) is 3.18. The molecule has 5 rings (SSSR count). The number of carbonyl (C=O) groups is 2. The van der Waals surface area contributed by atoms with Gasteiger partial charge in [0, 0.05) is 64.5 Å². The molecule has 12 nitrogen and oxygen atoms in total. The fourth-order valence-electron chi connectivity index (χ4n) is 5.62. The van der Waals surface area contributed by atoms with E-state index >= 15 is 0 Å². The molecule has 3 aromatic rings. The second-order valence-electron chi connectivity index (χ2n) is 12.6. The normalized spacial score (nSPS) is 19.3. The lowest BCUT2D eigenvalue weighted by atomic mass is 9.94. The van der Waals surface area contributed by atoms with Gasteiger partial charge in [-0.3, -0.25) is 4.79 Å². The van der Waals surface area contributed by atoms with Crippen molar-refractivity contribution in [2.45, 2.75) is 70.1 Å². The Kier molecular flexibility index (Phi) is 9.09. The minimum Gasteiger partial charge on any atom is -0.444 e. The van der Waals surface area contributed by atoms with Crippen molar-refractivity contribution < 1.29 is 36.4 Å². The summed E-state index contributed by atoms with van der Waals surface area (Å²) in [7, 11) is 1.67. The lowest BCUT2D eigenvalue weighted by Gasteiger charge is -2.35. The standard InChI is InChI=1S/C30H36F4N8O4/c1-29(2,3)45-28(44)37-23-16-42(15-21(23)20-12-18(31)6-7-22(20)32)26-35-13-17(14-36-26)24(43)40(5)19-8-10-41(11-9-19)27-38-25(39-46-27)30(4,33)34/h6-7,12-14,19,21,23H,8-11,15-16H2,1-5H3,(H,37,44)/t21-,23+/m1/s1. The van der Waals surface area contributed by atoms with Crippen LogP contribution >= 0.6 is 0 Å². The third-order valence-corrected chi connectivity index (χ3v) is 7.96. The van der Waals surface area contributed by atoms with Crippen LogP contribution in [0.5, 0.6) is 0 Å². The van der Waals surface area contributed by atoms with E-state index in [1.54, 1.807) is 42.5 Å². The van der Waals surface area contributed by atoms with Gasteiger partial charge in [-0.15, -0.1) is 0 Å². The van der Waals surface area contributed by atoms with Gasteiger partial charge in [0.15, 0.2) is 0 Å². The maximum absolute atomic E-state index is 14.8. The van der Waals surface area contributed by atoms with Crippen LogP contribution in [0.1, 0.15) is 68.2 Å². The largest absolute Gasteiger partial charge is 0.444 e. The molecule has 4 heterocycles. The summed E-state index contributed by atoms with van der Waals surface area (Å²) >= 11 is 0. The molecule has 0 saturated carbocycles. The monoisotopic (exact) mass is 648 g/mol. The van der Waals surface area contributed by atoms with Crippen molar-refractivity contribution in [1.82, 2.24) is 30.3 Å². The average Bonchev–Trinajstić information content (AvgIpc) is 3.65. The van der Waals surface area contributed by atoms with E-state index in [4.69, 9.17) is 9.26 Å². The fourth-order valence-corrected chi connectivity index (χ4v) is 5.62. The molecule has 0 bridgehead atoms. The number of amides is 2. The van der Waals surface area contributed by atoms with Crippen LogP contribution < -0.4 is 15.1 Å². The van der Waals surface area contributed by atoms with Crippen molar-refractivity contribution in [2.75, 3.05) is 43.0 Å². The summed E-state index contributed by atoms with van der Waals surface area (Å²) in [6, 6.07) is 2.41. The van der Waals surface area contributed by atoms with Gasteiger partial charge in [0.2, 0.25) is 11.8 Å². The summed E-state index contributed by atoms with van der Waals surface area (Å²) in [5.74, 6) is -5.79.